The Labute approximate surface area is 85.3 Å². The maximum absolute atomic E-state index is 12.2. The Kier molecular flexibility index (Phi) is 3.12. The first-order valence-corrected chi connectivity index (χ1v) is 4.30. The highest BCUT2D eigenvalue weighted by molar-refractivity contribution is 14.1. The van der Waals surface area contributed by atoms with Crippen molar-refractivity contribution in [2.24, 2.45) is 0 Å². The van der Waals surface area contributed by atoms with Gasteiger partial charge in [0.15, 0.2) is 6.29 Å². The number of aldehydes is 1. The molecule has 70 valence electrons. The highest BCUT2D eigenvalue weighted by Gasteiger charge is 2.14. The molecule has 1 heterocycles. The number of H-pyrrole nitrogens is 1. The summed E-state index contributed by atoms with van der Waals surface area (Å²) in [6, 6.07) is 1.13. The topological polar surface area (TPSA) is 49.9 Å². The fraction of sp³-hybridized carbons (Fsp3) is 0.143. The van der Waals surface area contributed by atoms with Gasteiger partial charge in [0.2, 0.25) is 0 Å². The Balaban J connectivity index is 3.41. The van der Waals surface area contributed by atoms with E-state index < -0.39 is 17.7 Å². The van der Waals surface area contributed by atoms with Crippen molar-refractivity contribution in [3.63, 3.8) is 0 Å². The van der Waals surface area contributed by atoms with E-state index >= 15 is 0 Å². The zero-order chi connectivity index (χ0) is 10.0. The molecule has 0 saturated heterocycles. The third-order valence-electron chi connectivity index (χ3n) is 1.40. The van der Waals surface area contributed by atoms with Gasteiger partial charge in [0.05, 0.1) is 9.26 Å². The van der Waals surface area contributed by atoms with E-state index in [0.29, 0.717) is 6.29 Å². The molecule has 0 spiro atoms. The van der Waals surface area contributed by atoms with Crippen LogP contribution in [0.4, 0.5) is 8.78 Å². The monoisotopic (exact) mass is 299 g/mol. The summed E-state index contributed by atoms with van der Waals surface area (Å²) >= 11 is 1.67. The molecule has 0 aromatic carbocycles. The van der Waals surface area contributed by atoms with Crippen molar-refractivity contribution in [2.45, 2.75) is 6.43 Å². The number of hydrogen-bond donors (Lipinski definition) is 1. The van der Waals surface area contributed by atoms with Crippen molar-refractivity contribution in [1.82, 2.24) is 4.98 Å². The minimum atomic E-state index is -2.84. The number of hydrogen-bond acceptors (Lipinski definition) is 2. The standard InChI is InChI=1S/C7H4F2INO2/c8-6(9)5-3(2-12)1-4(10)7(13)11-5/h1-2,6H,(H,11,13). The quantitative estimate of drug-likeness (QED) is 0.668. The summed E-state index contributed by atoms with van der Waals surface area (Å²) in [6.45, 7) is 0. The van der Waals surface area contributed by atoms with Crippen molar-refractivity contribution >= 4 is 28.9 Å². The van der Waals surface area contributed by atoms with E-state index in [4.69, 9.17) is 0 Å². The number of carbonyl (C=O) groups excluding carboxylic acids is 1. The third kappa shape index (κ3) is 2.11. The maximum atomic E-state index is 12.2. The minimum Gasteiger partial charge on any atom is -0.320 e. The summed E-state index contributed by atoms with van der Waals surface area (Å²) in [5.74, 6) is 0. The molecular weight excluding hydrogens is 295 g/mol. The molecule has 0 aliphatic heterocycles. The molecule has 0 atom stereocenters. The number of nitrogens with one attached hydrogen (secondary N) is 1. The van der Waals surface area contributed by atoms with Crippen molar-refractivity contribution in [3.05, 3.63) is 31.2 Å². The van der Waals surface area contributed by atoms with Crippen LogP contribution in [0, 0.1) is 3.57 Å². The van der Waals surface area contributed by atoms with Crippen LogP contribution in [0.15, 0.2) is 10.9 Å². The lowest BCUT2D eigenvalue weighted by atomic mass is 10.2. The molecule has 1 aromatic heterocycles. The zero-order valence-electron chi connectivity index (χ0n) is 6.18. The van der Waals surface area contributed by atoms with Gasteiger partial charge in [-0.1, -0.05) is 0 Å². The number of halogens is 3. The van der Waals surface area contributed by atoms with Crippen LogP contribution in [0.5, 0.6) is 0 Å². The van der Waals surface area contributed by atoms with Gasteiger partial charge in [-0.2, -0.15) is 0 Å². The number of carbonyl (C=O) groups is 1. The number of rotatable bonds is 2. The first-order valence-electron chi connectivity index (χ1n) is 3.22. The van der Waals surface area contributed by atoms with Crippen molar-refractivity contribution in [2.75, 3.05) is 0 Å². The molecule has 0 saturated carbocycles. The van der Waals surface area contributed by atoms with E-state index in [-0.39, 0.29) is 9.13 Å². The van der Waals surface area contributed by atoms with Crippen molar-refractivity contribution in [3.8, 4) is 0 Å². The summed E-state index contributed by atoms with van der Waals surface area (Å²) in [7, 11) is 0. The van der Waals surface area contributed by atoms with Crippen LogP contribution in [0.25, 0.3) is 0 Å². The summed E-state index contributed by atoms with van der Waals surface area (Å²) in [5.41, 5.74) is -1.42. The molecule has 1 aromatic rings. The summed E-state index contributed by atoms with van der Waals surface area (Å²) < 4.78 is 24.6. The molecule has 0 unspecified atom stereocenters. The molecule has 0 bridgehead atoms. The van der Waals surface area contributed by atoms with E-state index in [1.165, 1.54) is 0 Å². The van der Waals surface area contributed by atoms with Crippen LogP contribution < -0.4 is 5.56 Å². The van der Waals surface area contributed by atoms with E-state index in [2.05, 4.69) is 0 Å². The smallest absolute Gasteiger partial charge is 0.279 e. The van der Waals surface area contributed by atoms with Crippen LogP contribution >= 0.6 is 22.6 Å². The van der Waals surface area contributed by atoms with Gasteiger partial charge in [0.25, 0.3) is 12.0 Å². The van der Waals surface area contributed by atoms with E-state index in [1.54, 1.807) is 22.6 Å². The molecular formula is C7H4F2INO2. The number of aromatic amines is 1. The summed E-state index contributed by atoms with van der Waals surface area (Å²) in [6.07, 6.45) is -2.55. The van der Waals surface area contributed by atoms with Gasteiger partial charge in [-0.05, 0) is 28.7 Å². The lowest BCUT2D eigenvalue weighted by molar-refractivity contribution is 0.110. The van der Waals surface area contributed by atoms with Gasteiger partial charge in [-0.15, -0.1) is 0 Å². The van der Waals surface area contributed by atoms with Crippen LogP contribution in [0.2, 0.25) is 0 Å². The van der Waals surface area contributed by atoms with Gasteiger partial charge in [-0.3, -0.25) is 9.59 Å². The zero-order valence-corrected chi connectivity index (χ0v) is 8.34. The lowest BCUT2D eigenvalue weighted by Crippen LogP contribution is -2.14. The molecule has 3 nitrogen and oxygen atoms in total. The molecule has 0 aliphatic rings. The predicted molar refractivity (Wildman–Crippen MR) is 50.1 cm³/mol. The van der Waals surface area contributed by atoms with Gasteiger partial charge in [-0.25, -0.2) is 8.78 Å². The number of alkyl halides is 2. The predicted octanol–water partition coefficient (Wildman–Crippen LogP) is 1.73. The molecule has 6 heteroatoms. The van der Waals surface area contributed by atoms with Crippen molar-refractivity contribution in [1.29, 1.82) is 0 Å². The first kappa shape index (κ1) is 10.3. The van der Waals surface area contributed by atoms with E-state index in [0.717, 1.165) is 6.07 Å². The molecule has 13 heavy (non-hydrogen) atoms. The highest BCUT2D eigenvalue weighted by Crippen LogP contribution is 2.18. The lowest BCUT2D eigenvalue weighted by Gasteiger charge is -2.02. The van der Waals surface area contributed by atoms with Gasteiger partial charge in [0, 0.05) is 5.56 Å². The molecule has 1 rings (SSSR count). The molecule has 0 aliphatic carbocycles. The molecule has 0 amide bonds. The summed E-state index contributed by atoms with van der Waals surface area (Å²) in [4.78, 5) is 23.2. The average Bonchev–Trinajstić information content (AvgIpc) is 2.08. The molecule has 1 N–H and O–H groups in total. The second kappa shape index (κ2) is 3.95. The Hall–Kier alpha value is -0.790. The minimum absolute atomic E-state index is 0.181. The summed E-state index contributed by atoms with van der Waals surface area (Å²) in [5, 5.41) is 0. The number of aromatic nitrogens is 1. The Bertz CT molecular complexity index is 389. The normalized spacial score (nSPS) is 10.5. The largest absolute Gasteiger partial charge is 0.320 e. The fourth-order valence-electron chi connectivity index (χ4n) is 0.812. The van der Waals surface area contributed by atoms with E-state index in [9.17, 15) is 18.4 Å². The Morgan fingerprint density at radius 2 is 2.15 bits per heavy atom. The van der Waals surface area contributed by atoms with Gasteiger partial charge < -0.3 is 4.98 Å². The van der Waals surface area contributed by atoms with Crippen LogP contribution in [-0.4, -0.2) is 11.3 Å². The fourth-order valence-corrected chi connectivity index (χ4v) is 1.28. The first-order chi connectivity index (χ1) is 6.06. The van der Waals surface area contributed by atoms with Crippen LogP contribution in [0.3, 0.4) is 0 Å². The highest BCUT2D eigenvalue weighted by atomic mass is 127. The SMILES string of the molecule is O=Cc1cc(I)c(=O)[nH]c1C(F)F. The van der Waals surface area contributed by atoms with Gasteiger partial charge >= 0.3 is 0 Å². The van der Waals surface area contributed by atoms with Crippen LogP contribution in [-0.2, 0) is 0 Å². The maximum Gasteiger partial charge on any atom is 0.279 e. The Morgan fingerprint density at radius 1 is 1.54 bits per heavy atom. The second-order valence-corrected chi connectivity index (χ2v) is 3.40. The molecule has 0 fully saturated rings. The van der Waals surface area contributed by atoms with Crippen LogP contribution in [0.1, 0.15) is 22.5 Å². The second-order valence-electron chi connectivity index (χ2n) is 2.23. The molecule has 0 radical (unpaired) electrons. The Morgan fingerprint density at radius 3 is 2.62 bits per heavy atom. The van der Waals surface area contributed by atoms with Gasteiger partial charge in [0.1, 0.15) is 0 Å². The third-order valence-corrected chi connectivity index (χ3v) is 2.20. The van der Waals surface area contributed by atoms with Crippen molar-refractivity contribution < 1.29 is 13.6 Å². The van der Waals surface area contributed by atoms with E-state index in [1.807, 2.05) is 4.98 Å². The average molecular weight is 299 g/mol. The number of pyridine rings is 1.